The summed E-state index contributed by atoms with van der Waals surface area (Å²) in [6.07, 6.45) is 2.95. The van der Waals surface area contributed by atoms with Crippen LogP contribution < -0.4 is 43.7 Å². The van der Waals surface area contributed by atoms with Crippen molar-refractivity contribution < 1.29 is 192 Å². The maximum absolute atomic E-state index is 12.2. The van der Waals surface area contributed by atoms with Crippen molar-refractivity contribution in [2.45, 2.75) is 127 Å². The molecule has 0 radical (unpaired) electrons. The van der Waals surface area contributed by atoms with Gasteiger partial charge in [-0.05, 0) is 27.3 Å². The molecule has 0 saturated heterocycles. The van der Waals surface area contributed by atoms with E-state index in [0.29, 0.717) is 19.6 Å². The number of nitrogens with two attached hydrogens (primary N) is 2. The molecule has 0 aromatic heterocycles. The normalized spacial score (nSPS) is 10.6. The fourth-order valence-corrected chi connectivity index (χ4v) is 8.11. The summed E-state index contributed by atoms with van der Waals surface area (Å²) >= 11 is 0. The van der Waals surface area contributed by atoms with Gasteiger partial charge in [0, 0.05) is 26.1 Å². The number of aliphatic imine (C=N–C) groups is 2. The molecular weight excluding hydrogens is 1670 g/mol. The second-order valence-corrected chi connectivity index (χ2v) is 24.9. The van der Waals surface area contributed by atoms with Crippen molar-refractivity contribution in [1.82, 2.24) is 32.2 Å². The Hall–Kier alpha value is -9.54. The molecule has 0 saturated carbocycles. The maximum Gasteiger partial charge on any atom is 0.315 e. The van der Waals surface area contributed by atoms with E-state index in [1.807, 2.05) is 6.92 Å². The zero-order valence-electron chi connectivity index (χ0n) is 73.5. The van der Waals surface area contributed by atoms with Gasteiger partial charge in [0.15, 0.2) is 5.78 Å². The molecule has 0 aromatic rings. The summed E-state index contributed by atoms with van der Waals surface area (Å²) in [4.78, 5) is 185. The molecule has 720 valence electrons. The van der Waals surface area contributed by atoms with Gasteiger partial charge in [-0.3, -0.25) is 67.9 Å². The number of ether oxygens (including phenoxy) is 21. The number of methoxy groups -OCH3 is 9. The van der Waals surface area contributed by atoms with Gasteiger partial charge in [-0.1, -0.05) is 6.92 Å². The number of urea groups is 2. The van der Waals surface area contributed by atoms with E-state index in [0.717, 1.165) is 6.54 Å². The topological polar surface area (TPSA) is 677 Å². The van der Waals surface area contributed by atoms with Gasteiger partial charge in [0.2, 0.25) is 24.0 Å². The van der Waals surface area contributed by atoms with Crippen molar-refractivity contribution in [3.05, 3.63) is 0 Å². The molecule has 13 N–H and O–H groups in total. The van der Waals surface area contributed by atoms with Crippen LogP contribution in [0, 0.1) is 0 Å². The number of hydrogen-bond acceptors (Lipinski definition) is 44. The van der Waals surface area contributed by atoms with Crippen LogP contribution in [0.4, 0.5) is 9.59 Å². The second kappa shape index (κ2) is 87.0. The number of aliphatic hydroxyl groups is 1. The first-order valence-corrected chi connectivity index (χ1v) is 38.5. The Morgan fingerprint density at radius 3 is 0.718 bits per heavy atom. The highest BCUT2D eigenvalue weighted by Crippen LogP contribution is 2.17. The molecule has 0 aliphatic carbocycles. The number of nitrogens with zero attached hydrogens (tertiary/aromatic N) is 2. The van der Waals surface area contributed by atoms with Gasteiger partial charge in [0.1, 0.15) is 23.2 Å². The van der Waals surface area contributed by atoms with Crippen LogP contribution in [0.5, 0.6) is 0 Å². The molecular formula is C74H134N10O40. The molecule has 50 nitrogen and oxygen atoms in total. The largest absolute Gasteiger partial charge is 0.469 e. The fourth-order valence-electron chi connectivity index (χ4n) is 8.11. The maximum atomic E-state index is 12.2. The monoisotopic (exact) mass is 1800 g/mol. The van der Waals surface area contributed by atoms with E-state index >= 15 is 0 Å². The summed E-state index contributed by atoms with van der Waals surface area (Å²) < 4.78 is 106. The number of amides is 6. The SMILES string of the molecule is CCN.CCN=C=O.CCNC(=O)NC(COCCC(=O)CO)(COCCC(=O)NO)COCCC(=O)NO.CCNC(=O)NC(COCCC(=O)OC)(COCCC(=O)OC)COCCC(=O)OC.COC(=O)CCOCC(COCCC(=O)OC)(COCCC(=O)OC)N=C=O.COC(=O)CCOCC(N)(COCCC(=O)OC)COCCC(=O)OC. The van der Waals surface area contributed by atoms with Gasteiger partial charge in [0.25, 0.3) is 0 Å². The quantitative estimate of drug-likeness (QED) is 0.00555. The fraction of sp³-hybridized carbons (Fsp3) is 0.784. The lowest BCUT2D eigenvalue weighted by Gasteiger charge is -2.34. The van der Waals surface area contributed by atoms with Gasteiger partial charge in [-0.2, -0.15) is 4.99 Å². The number of nitrogens with one attached hydrogen (secondary N) is 6. The number of esters is 9. The van der Waals surface area contributed by atoms with Crippen LogP contribution in [-0.4, -0.2) is 389 Å². The van der Waals surface area contributed by atoms with Crippen molar-refractivity contribution >= 4 is 95.5 Å². The first-order chi connectivity index (χ1) is 59.3. The van der Waals surface area contributed by atoms with Gasteiger partial charge in [0.05, 0.1) is 299 Å². The minimum Gasteiger partial charge on any atom is -0.469 e. The van der Waals surface area contributed by atoms with E-state index in [1.54, 1.807) is 20.8 Å². The number of hydrogen-bond donors (Lipinski definition) is 11. The number of ketones is 1. The van der Waals surface area contributed by atoms with Crippen molar-refractivity contribution in [1.29, 1.82) is 0 Å². The number of rotatable bonds is 67. The molecule has 0 bridgehead atoms. The number of hydroxylamine groups is 2. The Labute approximate surface area is 720 Å². The Morgan fingerprint density at radius 2 is 0.540 bits per heavy atom. The van der Waals surface area contributed by atoms with Gasteiger partial charge in [-0.15, -0.1) is 0 Å². The zero-order valence-corrected chi connectivity index (χ0v) is 73.5. The summed E-state index contributed by atoms with van der Waals surface area (Å²) in [5.41, 5.74) is 9.33. The molecule has 0 atom stereocenters. The van der Waals surface area contributed by atoms with E-state index in [-0.39, 0.29) is 236 Å². The van der Waals surface area contributed by atoms with E-state index in [1.165, 1.54) is 87.1 Å². The Morgan fingerprint density at radius 1 is 0.331 bits per heavy atom. The highest BCUT2D eigenvalue weighted by Gasteiger charge is 2.37. The number of aliphatic hydroxyl groups excluding tert-OH is 1. The molecule has 0 aromatic carbocycles. The molecule has 0 rings (SSSR count). The molecule has 6 amide bonds. The third-order valence-corrected chi connectivity index (χ3v) is 14.5. The standard InChI is InChI=1S/C19H34N2O10.C17H32N4O10.C17H27NO10.C16H29NO9.C3H5NO.C2H7N/c1-5-20-18(25)21-19(12-29-9-6-15(22)26-2,13-30-10-7-16(23)27-3)14-31-11-8-17(24)28-4;1-2-18-16(26)19-17(10-29-6-3-13(23)9-22,11-30-7-4-14(24)20-27)12-31-8-5-15(25)21-28;1-23-14(20)4-7-26-10-17(18-13-19,11-27-8-5-15(21)24-2)12-28-9-6-16(22)25-3;1-21-13(18)4-7-24-10-16(17,11-25-8-5-14(19)22-2)12-26-9-6-15(20)23-3;1-2-4-3-5;1-2-3/h5-14H2,1-4H3,(H2,20,21,25);22,27-28H,2-12H2,1H3,(H,20,24)(H,21,25)(H2,18,19,26);4-12H2,1-3H3;4-12,17H2,1-3H3;2H2,1H3;2-3H2,1H3. The van der Waals surface area contributed by atoms with E-state index in [9.17, 15) is 71.9 Å². The lowest BCUT2D eigenvalue weighted by Crippen LogP contribution is -2.60. The van der Waals surface area contributed by atoms with E-state index in [4.69, 9.17) is 88.6 Å². The summed E-state index contributed by atoms with van der Waals surface area (Å²) in [5, 5.41) is 36.5. The van der Waals surface area contributed by atoms with Crippen molar-refractivity contribution in [3.63, 3.8) is 0 Å². The molecule has 0 aliphatic rings. The molecule has 0 spiro atoms. The first-order valence-electron chi connectivity index (χ1n) is 38.5. The predicted octanol–water partition coefficient (Wildman–Crippen LogP) is -2.85. The third-order valence-electron chi connectivity index (χ3n) is 14.5. The molecule has 0 unspecified atom stereocenters. The number of carbonyl (C=O) groups is 14. The van der Waals surface area contributed by atoms with Crippen LogP contribution in [0.15, 0.2) is 9.98 Å². The second-order valence-electron chi connectivity index (χ2n) is 24.9. The molecule has 50 heteroatoms. The summed E-state index contributed by atoms with van der Waals surface area (Å²) in [7, 11) is 11.5. The third kappa shape index (κ3) is 79.6. The highest BCUT2D eigenvalue weighted by atomic mass is 16.6. The van der Waals surface area contributed by atoms with E-state index in [2.05, 4.69) is 73.9 Å². The highest BCUT2D eigenvalue weighted by molar-refractivity contribution is 5.79. The lowest BCUT2D eigenvalue weighted by molar-refractivity contribution is -0.144. The average Bonchev–Trinajstić information content (AvgIpc) is 0.861. The van der Waals surface area contributed by atoms with Crippen molar-refractivity contribution in [2.24, 2.45) is 21.5 Å². The van der Waals surface area contributed by atoms with Crippen molar-refractivity contribution in [2.75, 3.05) is 255 Å². The van der Waals surface area contributed by atoms with Crippen LogP contribution >= 0.6 is 0 Å². The number of carbonyl (C=O) groups excluding carboxylic acids is 16. The average molecular weight is 1800 g/mol. The number of isocyanates is 2. The predicted molar refractivity (Wildman–Crippen MR) is 426 cm³/mol. The Bertz CT molecular complexity index is 2650. The summed E-state index contributed by atoms with van der Waals surface area (Å²) in [5.74, 6) is -5.58. The zero-order chi connectivity index (χ0) is 95.0. The van der Waals surface area contributed by atoms with Gasteiger partial charge < -0.3 is 137 Å². The smallest absolute Gasteiger partial charge is 0.315 e. The van der Waals surface area contributed by atoms with Crippen LogP contribution in [0.25, 0.3) is 0 Å². The Balaban J connectivity index is -0.000000363. The van der Waals surface area contributed by atoms with Crippen LogP contribution in [0.1, 0.15) is 105 Å². The molecule has 0 aliphatic heterocycles. The number of Topliss-reactive ketones (excluding diaryl/α,β-unsaturated/α-hetero) is 1. The minimum atomic E-state index is -1.26. The van der Waals surface area contributed by atoms with E-state index < -0.39 is 112 Å². The van der Waals surface area contributed by atoms with Gasteiger partial charge in [-0.25, -0.2) is 35.1 Å². The first kappa shape index (κ1) is 125. The molecule has 124 heavy (non-hydrogen) atoms. The van der Waals surface area contributed by atoms with Gasteiger partial charge >= 0.3 is 65.8 Å². The molecule has 0 heterocycles. The Kier molecular flexibility index (Phi) is 87.8. The van der Waals surface area contributed by atoms with Crippen LogP contribution in [0.2, 0.25) is 0 Å². The summed E-state index contributed by atoms with van der Waals surface area (Å²) in [6.45, 7) is 8.20. The van der Waals surface area contributed by atoms with Crippen LogP contribution in [-0.2, 0) is 167 Å². The van der Waals surface area contributed by atoms with Crippen LogP contribution in [0.3, 0.4) is 0 Å². The lowest BCUT2D eigenvalue weighted by atomic mass is 10.0. The van der Waals surface area contributed by atoms with Crippen molar-refractivity contribution in [3.8, 4) is 0 Å². The minimum absolute atomic E-state index is 0.0176. The summed E-state index contributed by atoms with van der Waals surface area (Å²) in [6, 6.07) is -1.03. The molecule has 0 fully saturated rings.